The van der Waals surface area contributed by atoms with Gasteiger partial charge in [0.05, 0.1) is 33.3 Å². The predicted molar refractivity (Wildman–Crippen MR) is 223 cm³/mol. The lowest BCUT2D eigenvalue weighted by molar-refractivity contribution is -0.0368. The number of fused-ring (bicyclic) bond motifs is 1. The molecule has 11 nitrogen and oxygen atoms in total. The van der Waals surface area contributed by atoms with E-state index in [-0.39, 0.29) is 30.4 Å². The summed E-state index contributed by atoms with van der Waals surface area (Å²) in [7, 11) is 0.602. The summed E-state index contributed by atoms with van der Waals surface area (Å²) < 4.78 is 20.4. The molecular weight excluding hydrogens is 735 g/mol. The van der Waals surface area contributed by atoms with Gasteiger partial charge in [-0.3, -0.25) is 4.79 Å². The summed E-state index contributed by atoms with van der Waals surface area (Å²) in [5.74, 6) is 0.863. The molecule has 12 heteroatoms. The van der Waals surface area contributed by atoms with Crippen LogP contribution in [0.3, 0.4) is 0 Å². The first-order valence-corrected chi connectivity index (χ1v) is 22.2. The second-order valence-corrected chi connectivity index (χ2v) is 20.5. The zero-order chi connectivity index (χ0) is 40.4. The quantitative estimate of drug-likeness (QED) is 0.0740. The van der Waals surface area contributed by atoms with Crippen molar-refractivity contribution in [1.29, 1.82) is 0 Å². The number of imidazole rings is 1. The largest absolute Gasteiger partial charge is 0.497 e. The van der Waals surface area contributed by atoms with Gasteiger partial charge in [0.1, 0.15) is 23.4 Å². The molecule has 1 fully saturated rings. The SMILES string of the molecule is COc1ccc(C(OC[C@H]2C[C@@H](n3cnc4c(NC(=O)c5ccccc5)ncnc43)[C@H](CC(C)(C)[Si](C)(C)O)[C@@H]2O)(c2ccccc2)c2ccc(OC)cc2)cc1. The molecule has 0 aliphatic heterocycles. The number of aliphatic hydroxyl groups excluding tert-OH is 1. The minimum absolute atomic E-state index is 0.210. The Kier molecular flexibility index (Phi) is 11.3. The van der Waals surface area contributed by atoms with Gasteiger partial charge in [0.2, 0.25) is 0 Å². The van der Waals surface area contributed by atoms with Gasteiger partial charge in [-0.1, -0.05) is 86.6 Å². The number of hydrogen-bond acceptors (Lipinski definition) is 9. The fourth-order valence-corrected chi connectivity index (χ4v) is 8.78. The van der Waals surface area contributed by atoms with E-state index in [0.29, 0.717) is 35.4 Å². The molecule has 0 spiro atoms. The van der Waals surface area contributed by atoms with Crippen LogP contribution in [0.4, 0.5) is 5.82 Å². The predicted octanol–water partition coefficient (Wildman–Crippen LogP) is 8.01. The highest BCUT2D eigenvalue weighted by Gasteiger charge is 2.50. The number of hydrogen-bond donors (Lipinski definition) is 3. The molecule has 7 rings (SSSR count). The van der Waals surface area contributed by atoms with Crippen molar-refractivity contribution in [1.82, 2.24) is 19.5 Å². The van der Waals surface area contributed by atoms with Gasteiger partial charge in [-0.05, 0) is 84.1 Å². The molecule has 1 saturated carbocycles. The number of rotatable bonds is 14. The number of benzene rings is 4. The van der Waals surface area contributed by atoms with Crippen LogP contribution in [0.5, 0.6) is 11.5 Å². The van der Waals surface area contributed by atoms with Gasteiger partial charge >= 0.3 is 0 Å². The molecule has 0 radical (unpaired) electrons. The normalized spacial score (nSPS) is 18.7. The summed E-state index contributed by atoms with van der Waals surface area (Å²) in [5.41, 5.74) is 3.16. The van der Waals surface area contributed by atoms with Crippen LogP contribution >= 0.6 is 0 Å². The summed E-state index contributed by atoms with van der Waals surface area (Å²) in [4.78, 5) is 38.4. The average molecular weight is 786 g/mol. The number of nitrogens with one attached hydrogen (secondary N) is 1. The van der Waals surface area contributed by atoms with Gasteiger partial charge in [0.15, 0.2) is 25.3 Å². The second-order valence-electron chi connectivity index (χ2n) is 16.0. The van der Waals surface area contributed by atoms with E-state index in [4.69, 9.17) is 19.2 Å². The van der Waals surface area contributed by atoms with E-state index in [1.165, 1.54) is 6.33 Å². The van der Waals surface area contributed by atoms with Crippen molar-refractivity contribution in [2.75, 3.05) is 26.1 Å². The highest BCUT2D eigenvalue weighted by atomic mass is 28.4. The Hall–Kier alpha value is -5.40. The Labute approximate surface area is 334 Å². The summed E-state index contributed by atoms with van der Waals surface area (Å²) in [5, 5.41) is 14.9. The molecule has 3 N–H and O–H groups in total. The molecule has 0 saturated heterocycles. The van der Waals surface area contributed by atoms with Crippen LogP contribution in [0, 0.1) is 11.8 Å². The number of methoxy groups -OCH3 is 2. The molecule has 4 aromatic carbocycles. The Balaban J connectivity index is 1.28. The Morgan fingerprint density at radius 3 is 1.95 bits per heavy atom. The summed E-state index contributed by atoms with van der Waals surface area (Å²) in [6.45, 7) is 8.28. The molecular formula is C45H51N5O6Si. The zero-order valence-corrected chi connectivity index (χ0v) is 34.3. The van der Waals surface area contributed by atoms with Gasteiger partial charge in [0.25, 0.3) is 5.91 Å². The molecule has 2 aromatic heterocycles. The van der Waals surface area contributed by atoms with Crippen molar-refractivity contribution in [2.24, 2.45) is 11.8 Å². The van der Waals surface area contributed by atoms with Crippen LogP contribution in [0.2, 0.25) is 18.1 Å². The van der Waals surface area contributed by atoms with Crippen molar-refractivity contribution in [3.63, 3.8) is 0 Å². The standard InChI is InChI=1S/C45H51N5O6Si/c1-44(2,57(5,6)53)26-37-38(50-29-48-39-41(46-28-47-42(39)50)49-43(52)30-13-9-7-10-14-30)25-31(40(37)51)27-56-45(32-15-11-8-12-16-32,33-17-21-35(54-3)22-18-33)34-19-23-36(55-4)24-20-34/h7-24,28-29,31,37-38,40,51,53H,25-27H2,1-6H3,(H,46,47,49,52)/t31-,37+,38-,40-/m1/s1. The monoisotopic (exact) mass is 785 g/mol. The number of aromatic nitrogens is 4. The highest BCUT2D eigenvalue weighted by Crippen LogP contribution is 2.52. The van der Waals surface area contributed by atoms with Gasteiger partial charge in [-0.2, -0.15) is 0 Å². The highest BCUT2D eigenvalue weighted by molar-refractivity contribution is 6.72. The maximum absolute atomic E-state index is 13.1. The number of aliphatic hydroxyl groups is 1. The van der Waals surface area contributed by atoms with E-state index in [0.717, 1.165) is 28.2 Å². The van der Waals surface area contributed by atoms with E-state index in [2.05, 4.69) is 41.3 Å². The molecule has 1 aliphatic carbocycles. The van der Waals surface area contributed by atoms with E-state index >= 15 is 0 Å². The number of nitrogens with zero attached hydrogens (tertiary/aromatic N) is 4. The Morgan fingerprint density at radius 1 is 0.825 bits per heavy atom. The van der Waals surface area contributed by atoms with E-state index < -0.39 is 25.1 Å². The third-order valence-corrected chi connectivity index (χ3v) is 15.6. The third-order valence-electron chi connectivity index (χ3n) is 12.0. The van der Waals surface area contributed by atoms with Crippen LogP contribution < -0.4 is 14.8 Å². The summed E-state index contributed by atoms with van der Waals surface area (Å²) in [6, 6.07) is 34.6. The average Bonchev–Trinajstić information content (AvgIpc) is 3.79. The topological polar surface area (TPSA) is 141 Å². The van der Waals surface area contributed by atoms with Crippen LogP contribution in [0.1, 0.15) is 59.8 Å². The minimum Gasteiger partial charge on any atom is -0.497 e. The van der Waals surface area contributed by atoms with E-state index in [1.807, 2.05) is 90.5 Å². The van der Waals surface area contributed by atoms with Gasteiger partial charge in [0, 0.05) is 23.4 Å². The van der Waals surface area contributed by atoms with Crippen molar-refractivity contribution >= 4 is 31.2 Å². The fourth-order valence-electron chi connectivity index (χ4n) is 8.05. The van der Waals surface area contributed by atoms with Gasteiger partial charge < -0.3 is 34.0 Å². The first-order valence-electron chi connectivity index (χ1n) is 19.3. The Bertz CT molecular complexity index is 2230. The van der Waals surface area contributed by atoms with Gasteiger partial charge in [-0.15, -0.1) is 0 Å². The third kappa shape index (κ3) is 7.82. The molecule has 4 atom stereocenters. The van der Waals surface area contributed by atoms with E-state index in [9.17, 15) is 14.7 Å². The molecule has 6 aromatic rings. The number of carbonyl (C=O) groups excluding carboxylic acids is 1. The Morgan fingerprint density at radius 2 is 1.39 bits per heavy atom. The first kappa shape index (κ1) is 39.8. The molecule has 1 aliphatic rings. The summed E-state index contributed by atoms with van der Waals surface area (Å²) in [6.07, 6.45) is 3.47. The lowest BCUT2D eigenvalue weighted by Gasteiger charge is -2.40. The zero-order valence-electron chi connectivity index (χ0n) is 33.3. The first-order chi connectivity index (χ1) is 27.4. The number of amides is 1. The maximum Gasteiger partial charge on any atom is 0.256 e. The fraction of sp³-hybridized carbons (Fsp3) is 0.333. The van der Waals surface area contributed by atoms with Crippen molar-refractivity contribution in [2.45, 2.75) is 62.6 Å². The van der Waals surface area contributed by atoms with Crippen LogP contribution in [-0.4, -0.2) is 70.6 Å². The molecule has 1 amide bonds. The van der Waals surface area contributed by atoms with Crippen molar-refractivity contribution < 1.29 is 28.9 Å². The lowest BCUT2D eigenvalue weighted by Crippen LogP contribution is -2.42. The number of ether oxygens (including phenoxy) is 3. The number of anilines is 1. The van der Waals surface area contributed by atoms with Crippen LogP contribution in [0.25, 0.3) is 11.2 Å². The van der Waals surface area contributed by atoms with Crippen molar-refractivity contribution in [3.8, 4) is 11.5 Å². The molecule has 57 heavy (non-hydrogen) atoms. The number of carbonyl (C=O) groups is 1. The molecule has 2 heterocycles. The second kappa shape index (κ2) is 16.2. The smallest absolute Gasteiger partial charge is 0.256 e. The summed E-state index contributed by atoms with van der Waals surface area (Å²) >= 11 is 0. The molecule has 296 valence electrons. The maximum atomic E-state index is 13.1. The van der Waals surface area contributed by atoms with Gasteiger partial charge in [-0.25, -0.2) is 15.0 Å². The minimum atomic E-state index is -2.69. The lowest BCUT2D eigenvalue weighted by atomic mass is 9.79. The van der Waals surface area contributed by atoms with E-state index in [1.54, 1.807) is 44.8 Å². The van der Waals surface area contributed by atoms with Crippen LogP contribution in [0.15, 0.2) is 122 Å². The molecule has 0 bridgehead atoms. The van der Waals surface area contributed by atoms with Crippen LogP contribution in [-0.2, 0) is 10.3 Å². The molecule has 0 unspecified atom stereocenters. The van der Waals surface area contributed by atoms with Crippen molar-refractivity contribution in [3.05, 3.63) is 144 Å².